The van der Waals surface area contributed by atoms with Gasteiger partial charge < -0.3 is 5.32 Å². The standard InChI is InChI=1S/C19H20N4O2/c1-12(2)23-19(25)15-9-5-4-8-14(15)16(22-23)11-18(24)21-17-10-6-7-13(3)20-17/h4-10,12H,11H2,1-3H3,(H,20,21,24). The van der Waals surface area contributed by atoms with Crippen molar-refractivity contribution >= 4 is 22.5 Å². The van der Waals surface area contributed by atoms with Crippen molar-refractivity contribution in [2.45, 2.75) is 33.2 Å². The fourth-order valence-corrected chi connectivity index (χ4v) is 2.71. The van der Waals surface area contributed by atoms with E-state index in [-0.39, 0.29) is 23.9 Å². The van der Waals surface area contributed by atoms with Gasteiger partial charge in [-0.1, -0.05) is 24.3 Å². The zero-order valence-corrected chi connectivity index (χ0v) is 14.5. The number of pyridine rings is 1. The van der Waals surface area contributed by atoms with Crippen molar-refractivity contribution in [3.8, 4) is 0 Å². The molecule has 1 aromatic carbocycles. The Hall–Kier alpha value is -3.02. The van der Waals surface area contributed by atoms with Crippen LogP contribution in [0.25, 0.3) is 10.8 Å². The highest BCUT2D eigenvalue weighted by Crippen LogP contribution is 2.16. The molecule has 0 spiro atoms. The highest BCUT2D eigenvalue weighted by atomic mass is 16.2. The smallest absolute Gasteiger partial charge is 0.274 e. The molecule has 6 nitrogen and oxygen atoms in total. The van der Waals surface area contributed by atoms with Crippen LogP contribution in [-0.2, 0) is 11.2 Å². The fourth-order valence-electron chi connectivity index (χ4n) is 2.71. The molecule has 3 rings (SSSR count). The minimum Gasteiger partial charge on any atom is -0.310 e. The summed E-state index contributed by atoms with van der Waals surface area (Å²) < 4.78 is 1.43. The molecule has 3 aromatic rings. The highest BCUT2D eigenvalue weighted by Gasteiger charge is 2.15. The molecule has 0 radical (unpaired) electrons. The fraction of sp³-hybridized carbons (Fsp3) is 0.263. The van der Waals surface area contributed by atoms with Crippen molar-refractivity contribution in [3.63, 3.8) is 0 Å². The van der Waals surface area contributed by atoms with E-state index in [0.717, 1.165) is 5.69 Å². The zero-order valence-electron chi connectivity index (χ0n) is 14.5. The Balaban J connectivity index is 1.96. The minimum absolute atomic E-state index is 0.0726. The summed E-state index contributed by atoms with van der Waals surface area (Å²) in [5.74, 6) is 0.288. The van der Waals surface area contributed by atoms with Crippen LogP contribution in [0.15, 0.2) is 47.3 Å². The van der Waals surface area contributed by atoms with Crippen molar-refractivity contribution in [2.24, 2.45) is 0 Å². The Kier molecular flexibility index (Phi) is 4.61. The van der Waals surface area contributed by atoms with Crippen molar-refractivity contribution in [1.29, 1.82) is 0 Å². The molecule has 2 heterocycles. The molecule has 0 aliphatic carbocycles. The highest BCUT2D eigenvalue weighted by molar-refractivity contribution is 5.94. The summed E-state index contributed by atoms with van der Waals surface area (Å²) in [7, 11) is 0. The van der Waals surface area contributed by atoms with Gasteiger partial charge in [-0.25, -0.2) is 9.67 Å². The molecule has 0 saturated heterocycles. The minimum atomic E-state index is -0.218. The zero-order chi connectivity index (χ0) is 18.0. The van der Waals surface area contributed by atoms with E-state index in [0.29, 0.717) is 22.3 Å². The van der Waals surface area contributed by atoms with E-state index in [1.807, 2.05) is 51.1 Å². The van der Waals surface area contributed by atoms with E-state index < -0.39 is 0 Å². The molecule has 0 atom stereocenters. The number of aromatic nitrogens is 3. The summed E-state index contributed by atoms with van der Waals surface area (Å²) in [6.45, 7) is 5.65. The third-order valence-electron chi connectivity index (χ3n) is 3.88. The Morgan fingerprint density at radius 1 is 1.12 bits per heavy atom. The Labute approximate surface area is 145 Å². The summed E-state index contributed by atoms with van der Waals surface area (Å²) in [6.07, 6.45) is 0.0726. The van der Waals surface area contributed by atoms with Crippen LogP contribution in [0.3, 0.4) is 0 Å². The van der Waals surface area contributed by atoms with Crippen LogP contribution in [0.5, 0.6) is 0 Å². The largest absolute Gasteiger partial charge is 0.310 e. The first kappa shape index (κ1) is 16.8. The maximum Gasteiger partial charge on any atom is 0.274 e. The molecule has 0 fully saturated rings. The van der Waals surface area contributed by atoms with Gasteiger partial charge in [-0.15, -0.1) is 0 Å². The number of rotatable bonds is 4. The second kappa shape index (κ2) is 6.84. The van der Waals surface area contributed by atoms with Crippen LogP contribution in [0.4, 0.5) is 5.82 Å². The molecular weight excluding hydrogens is 316 g/mol. The van der Waals surface area contributed by atoms with Crippen molar-refractivity contribution in [3.05, 3.63) is 64.2 Å². The van der Waals surface area contributed by atoms with Gasteiger partial charge in [-0.3, -0.25) is 9.59 Å². The second-order valence-electron chi connectivity index (χ2n) is 6.22. The maximum atomic E-state index is 12.5. The molecule has 1 amide bonds. The molecular formula is C19H20N4O2. The van der Waals surface area contributed by atoms with E-state index in [2.05, 4.69) is 15.4 Å². The molecule has 0 saturated carbocycles. The van der Waals surface area contributed by atoms with Crippen LogP contribution < -0.4 is 10.9 Å². The van der Waals surface area contributed by atoms with Gasteiger partial charge in [0.2, 0.25) is 5.91 Å². The van der Waals surface area contributed by atoms with Crippen molar-refractivity contribution in [2.75, 3.05) is 5.32 Å². The topological polar surface area (TPSA) is 76.9 Å². The molecule has 1 N–H and O–H groups in total. The van der Waals surface area contributed by atoms with Gasteiger partial charge in [0.25, 0.3) is 5.56 Å². The molecule has 6 heteroatoms. The molecule has 2 aromatic heterocycles. The Bertz CT molecular complexity index is 992. The number of hydrogen-bond acceptors (Lipinski definition) is 4. The van der Waals surface area contributed by atoms with Gasteiger partial charge in [0, 0.05) is 11.1 Å². The number of carbonyl (C=O) groups is 1. The number of nitrogens with zero attached hydrogens (tertiary/aromatic N) is 3. The third-order valence-corrected chi connectivity index (χ3v) is 3.88. The molecule has 25 heavy (non-hydrogen) atoms. The van der Waals surface area contributed by atoms with E-state index >= 15 is 0 Å². The molecule has 128 valence electrons. The number of amides is 1. The maximum absolute atomic E-state index is 12.5. The van der Waals surface area contributed by atoms with Gasteiger partial charge in [-0.05, 0) is 39.0 Å². The number of nitrogens with one attached hydrogen (secondary N) is 1. The van der Waals surface area contributed by atoms with Crippen LogP contribution in [0.2, 0.25) is 0 Å². The molecule has 0 bridgehead atoms. The summed E-state index contributed by atoms with van der Waals surface area (Å²) in [5.41, 5.74) is 1.26. The lowest BCUT2D eigenvalue weighted by Gasteiger charge is -2.13. The number of anilines is 1. The summed E-state index contributed by atoms with van der Waals surface area (Å²) >= 11 is 0. The predicted octanol–water partition coefficient (Wildman–Crippen LogP) is 2.86. The van der Waals surface area contributed by atoms with E-state index in [1.165, 1.54) is 4.68 Å². The van der Waals surface area contributed by atoms with Crippen LogP contribution >= 0.6 is 0 Å². The summed E-state index contributed by atoms with van der Waals surface area (Å²) in [6, 6.07) is 12.6. The van der Waals surface area contributed by atoms with Gasteiger partial charge in [-0.2, -0.15) is 5.10 Å². The number of aryl methyl sites for hydroxylation is 1. The van der Waals surface area contributed by atoms with E-state index in [9.17, 15) is 9.59 Å². The Morgan fingerprint density at radius 2 is 1.84 bits per heavy atom. The lowest BCUT2D eigenvalue weighted by molar-refractivity contribution is -0.115. The number of hydrogen-bond donors (Lipinski definition) is 1. The lowest BCUT2D eigenvalue weighted by Crippen LogP contribution is -2.27. The normalized spacial score (nSPS) is 11.0. The number of benzene rings is 1. The monoisotopic (exact) mass is 336 g/mol. The Morgan fingerprint density at radius 3 is 2.52 bits per heavy atom. The molecule has 0 aliphatic heterocycles. The quantitative estimate of drug-likeness (QED) is 0.795. The average Bonchev–Trinajstić information content (AvgIpc) is 2.57. The number of carbonyl (C=O) groups excluding carboxylic acids is 1. The first-order chi connectivity index (χ1) is 12.0. The lowest BCUT2D eigenvalue weighted by atomic mass is 10.1. The van der Waals surface area contributed by atoms with E-state index in [1.54, 1.807) is 12.1 Å². The van der Waals surface area contributed by atoms with Gasteiger partial charge in [0.05, 0.1) is 23.5 Å². The van der Waals surface area contributed by atoms with Gasteiger partial charge in [0.15, 0.2) is 0 Å². The van der Waals surface area contributed by atoms with Crippen molar-refractivity contribution < 1.29 is 4.79 Å². The van der Waals surface area contributed by atoms with Crippen molar-refractivity contribution in [1.82, 2.24) is 14.8 Å². The summed E-state index contributed by atoms with van der Waals surface area (Å²) in [5, 5.41) is 8.48. The first-order valence-corrected chi connectivity index (χ1v) is 8.19. The van der Waals surface area contributed by atoms with Crippen LogP contribution in [0, 0.1) is 6.92 Å². The second-order valence-corrected chi connectivity index (χ2v) is 6.22. The van der Waals surface area contributed by atoms with E-state index in [4.69, 9.17) is 0 Å². The average molecular weight is 336 g/mol. The SMILES string of the molecule is Cc1cccc(NC(=O)Cc2nn(C(C)C)c(=O)c3ccccc23)n1. The van der Waals surface area contributed by atoms with Crippen LogP contribution in [0.1, 0.15) is 31.3 Å². The third kappa shape index (κ3) is 3.57. The molecule has 0 aliphatic rings. The van der Waals surface area contributed by atoms with Crippen LogP contribution in [-0.4, -0.2) is 20.7 Å². The van der Waals surface area contributed by atoms with Gasteiger partial charge in [0.1, 0.15) is 5.82 Å². The first-order valence-electron chi connectivity index (χ1n) is 8.19. The number of fused-ring (bicyclic) bond motifs is 1. The summed E-state index contributed by atoms with van der Waals surface area (Å²) in [4.78, 5) is 29.2. The predicted molar refractivity (Wildman–Crippen MR) is 97.7 cm³/mol. The molecule has 0 unspecified atom stereocenters. The van der Waals surface area contributed by atoms with Gasteiger partial charge >= 0.3 is 0 Å².